The summed E-state index contributed by atoms with van der Waals surface area (Å²) in [6.45, 7) is -0.358. The minimum atomic E-state index is -0.557. The van der Waals surface area contributed by atoms with Gasteiger partial charge in [-0.3, -0.25) is 9.59 Å². The molecule has 0 radical (unpaired) electrons. The number of nitrogens with zero attached hydrogens (tertiary/aromatic N) is 1. The van der Waals surface area contributed by atoms with Gasteiger partial charge in [0.05, 0.1) is 0 Å². The van der Waals surface area contributed by atoms with Crippen LogP contribution in [-0.2, 0) is 6.61 Å². The third-order valence-corrected chi connectivity index (χ3v) is 1.47. The molecule has 6 nitrogen and oxygen atoms in total. The van der Waals surface area contributed by atoms with Crippen LogP contribution >= 0.6 is 0 Å². The van der Waals surface area contributed by atoms with Crippen molar-refractivity contribution in [2.45, 2.75) is 6.61 Å². The van der Waals surface area contributed by atoms with Crippen LogP contribution in [-0.4, -0.2) is 28.0 Å². The fourth-order valence-electron chi connectivity index (χ4n) is 0.809. The molecular weight excluding hydrogens is 174 g/mol. The van der Waals surface area contributed by atoms with Crippen molar-refractivity contribution in [3.63, 3.8) is 0 Å². The molecule has 0 saturated carbocycles. The second kappa shape index (κ2) is 3.81. The molecule has 1 heterocycles. The van der Waals surface area contributed by atoms with Crippen LogP contribution in [0.25, 0.3) is 0 Å². The van der Waals surface area contributed by atoms with Gasteiger partial charge in [0, 0.05) is 13.2 Å². The topological polar surface area (TPSA) is 95.1 Å². The maximum absolute atomic E-state index is 11.1. The number of aliphatic hydroxyl groups excluding tert-OH is 1. The molecule has 0 aromatic carbocycles. The average Bonchev–Trinajstić information content (AvgIpc) is 2.16. The Morgan fingerprint density at radius 2 is 2.46 bits per heavy atom. The van der Waals surface area contributed by atoms with Crippen molar-refractivity contribution in [1.82, 2.24) is 15.3 Å². The summed E-state index contributed by atoms with van der Waals surface area (Å²) in [6, 6.07) is 0. The minimum absolute atomic E-state index is 0.0697. The van der Waals surface area contributed by atoms with Crippen LogP contribution in [0.5, 0.6) is 0 Å². The summed E-state index contributed by atoms with van der Waals surface area (Å²) in [6.07, 6.45) is 1.13. The standard InChI is InChI=1S/C7H9N3O3/c1-8-6(12)4-2-9-5(3-11)10-7(4)13/h2,11H,3H2,1H3,(H,8,12)(H,9,10,13). The molecule has 13 heavy (non-hydrogen) atoms. The van der Waals surface area contributed by atoms with E-state index in [1.165, 1.54) is 7.05 Å². The van der Waals surface area contributed by atoms with E-state index in [0.29, 0.717) is 0 Å². The highest BCUT2D eigenvalue weighted by Crippen LogP contribution is 1.89. The third-order valence-electron chi connectivity index (χ3n) is 1.47. The highest BCUT2D eigenvalue weighted by molar-refractivity contribution is 5.93. The Labute approximate surface area is 73.6 Å². The molecular formula is C7H9N3O3. The van der Waals surface area contributed by atoms with Gasteiger partial charge in [0.2, 0.25) is 0 Å². The van der Waals surface area contributed by atoms with Crippen molar-refractivity contribution in [3.05, 3.63) is 27.9 Å². The first-order valence-corrected chi connectivity index (χ1v) is 3.60. The van der Waals surface area contributed by atoms with E-state index in [1.54, 1.807) is 0 Å². The molecule has 0 aliphatic carbocycles. The number of carbonyl (C=O) groups excluding carboxylic acids is 1. The van der Waals surface area contributed by atoms with Crippen LogP contribution in [0.1, 0.15) is 16.2 Å². The van der Waals surface area contributed by atoms with E-state index in [9.17, 15) is 9.59 Å². The van der Waals surface area contributed by atoms with Crippen LogP contribution in [0.3, 0.4) is 0 Å². The summed E-state index contributed by atoms with van der Waals surface area (Å²) >= 11 is 0. The fourth-order valence-corrected chi connectivity index (χ4v) is 0.809. The largest absolute Gasteiger partial charge is 0.388 e. The van der Waals surface area contributed by atoms with E-state index in [0.717, 1.165) is 6.20 Å². The number of aliphatic hydroxyl groups is 1. The van der Waals surface area contributed by atoms with Gasteiger partial charge in [-0.1, -0.05) is 0 Å². The molecule has 0 aliphatic rings. The van der Waals surface area contributed by atoms with Gasteiger partial charge in [0.25, 0.3) is 11.5 Å². The molecule has 3 N–H and O–H groups in total. The van der Waals surface area contributed by atoms with E-state index >= 15 is 0 Å². The number of hydrogen-bond acceptors (Lipinski definition) is 4. The van der Waals surface area contributed by atoms with E-state index in [1.807, 2.05) is 0 Å². The molecule has 1 amide bonds. The number of rotatable bonds is 2. The fraction of sp³-hybridized carbons (Fsp3) is 0.286. The zero-order chi connectivity index (χ0) is 9.84. The van der Waals surface area contributed by atoms with Crippen LogP contribution in [0, 0.1) is 0 Å². The lowest BCUT2D eigenvalue weighted by atomic mass is 10.3. The molecule has 70 valence electrons. The summed E-state index contributed by atoms with van der Waals surface area (Å²) in [7, 11) is 1.42. The van der Waals surface area contributed by atoms with Gasteiger partial charge in [-0.05, 0) is 0 Å². The summed E-state index contributed by atoms with van der Waals surface area (Å²) in [5.74, 6) is -0.365. The van der Waals surface area contributed by atoms with E-state index < -0.39 is 11.5 Å². The molecule has 0 saturated heterocycles. The van der Waals surface area contributed by atoms with E-state index in [4.69, 9.17) is 5.11 Å². The van der Waals surface area contributed by atoms with Crippen molar-refractivity contribution in [2.24, 2.45) is 0 Å². The normalized spacial score (nSPS) is 9.69. The van der Waals surface area contributed by atoms with E-state index in [2.05, 4.69) is 15.3 Å². The van der Waals surface area contributed by atoms with Crippen LogP contribution < -0.4 is 10.9 Å². The van der Waals surface area contributed by atoms with Crippen LogP contribution in [0.15, 0.2) is 11.0 Å². The SMILES string of the molecule is CNC(=O)c1cnc(CO)[nH]c1=O. The molecule has 0 spiro atoms. The number of aromatic amines is 1. The smallest absolute Gasteiger partial charge is 0.263 e. The van der Waals surface area contributed by atoms with E-state index in [-0.39, 0.29) is 18.0 Å². The molecule has 0 unspecified atom stereocenters. The summed E-state index contributed by atoms with van der Waals surface area (Å²) in [4.78, 5) is 28.1. The van der Waals surface area contributed by atoms with Gasteiger partial charge < -0.3 is 15.4 Å². The first kappa shape index (κ1) is 9.40. The van der Waals surface area contributed by atoms with Gasteiger partial charge in [-0.15, -0.1) is 0 Å². The van der Waals surface area contributed by atoms with Gasteiger partial charge in [0.15, 0.2) is 0 Å². The Morgan fingerprint density at radius 3 is 2.92 bits per heavy atom. The van der Waals surface area contributed by atoms with Crippen LogP contribution in [0.4, 0.5) is 0 Å². The second-order valence-corrected chi connectivity index (χ2v) is 2.31. The number of aromatic nitrogens is 2. The lowest BCUT2D eigenvalue weighted by Crippen LogP contribution is -2.27. The molecule has 0 fully saturated rings. The molecule has 0 bridgehead atoms. The molecule has 1 aromatic rings. The Hall–Kier alpha value is -1.69. The third kappa shape index (κ3) is 1.91. The molecule has 0 atom stereocenters. The predicted molar refractivity (Wildman–Crippen MR) is 44.2 cm³/mol. The van der Waals surface area contributed by atoms with Crippen molar-refractivity contribution in [3.8, 4) is 0 Å². The Morgan fingerprint density at radius 1 is 1.77 bits per heavy atom. The van der Waals surface area contributed by atoms with Gasteiger partial charge in [0.1, 0.15) is 18.0 Å². The van der Waals surface area contributed by atoms with Crippen molar-refractivity contribution < 1.29 is 9.90 Å². The predicted octanol–water partition coefficient (Wildman–Crippen LogP) is -1.38. The number of carbonyl (C=O) groups is 1. The monoisotopic (exact) mass is 183 g/mol. The van der Waals surface area contributed by atoms with Crippen molar-refractivity contribution >= 4 is 5.91 Å². The van der Waals surface area contributed by atoms with Crippen molar-refractivity contribution in [2.75, 3.05) is 7.05 Å². The maximum Gasteiger partial charge on any atom is 0.263 e. The van der Waals surface area contributed by atoms with Gasteiger partial charge in [-0.2, -0.15) is 0 Å². The molecule has 1 rings (SSSR count). The lowest BCUT2D eigenvalue weighted by Gasteiger charge is -1.98. The number of hydrogen-bond donors (Lipinski definition) is 3. The average molecular weight is 183 g/mol. The number of H-pyrrole nitrogens is 1. The molecule has 6 heteroatoms. The zero-order valence-electron chi connectivity index (χ0n) is 7.00. The quantitative estimate of drug-likeness (QED) is 0.526. The summed E-state index contributed by atoms with van der Waals surface area (Å²) in [5, 5.41) is 10.9. The Kier molecular flexibility index (Phi) is 2.76. The minimum Gasteiger partial charge on any atom is -0.388 e. The highest BCUT2D eigenvalue weighted by atomic mass is 16.3. The van der Waals surface area contributed by atoms with Gasteiger partial charge >= 0.3 is 0 Å². The Balaban J connectivity index is 3.13. The number of nitrogens with one attached hydrogen (secondary N) is 2. The molecule has 0 aliphatic heterocycles. The molecule has 1 aromatic heterocycles. The summed E-state index contributed by atoms with van der Waals surface area (Å²) in [5.41, 5.74) is -0.627. The maximum atomic E-state index is 11.1. The summed E-state index contributed by atoms with van der Waals surface area (Å²) < 4.78 is 0. The van der Waals surface area contributed by atoms with Gasteiger partial charge in [-0.25, -0.2) is 4.98 Å². The lowest BCUT2D eigenvalue weighted by molar-refractivity contribution is 0.0961. The van der Waals surface area contributed by atoms with Crippen LogP contribution in [0.2, 0.25) is 0 Å². The first-order chi connectivity index (χ1) is 6.19. The Bertz CT molecular complexity index is 371. The number of amides is 1. The zero-order valence-corrected chi connectivity index (χ0v) is 7.00. The van der Waals surface area contributed by atoms with Crippen molar-refractivity contribution in [1.29, 1.82) is 0 Å². The second-order valence-electron chi connectivity index (χ2n) is 2.31. The highest BCUT2D eigenvalue weighted by Gasteiger charge is 2.08. The first-order valence-electron chi connectivity index (χ1n) is 3.60.